The second kappa shape index (κ2) is 10.7. The molecule has 1 aromatic heterocycles. The quantitative estimate of drug-likeness (QED) is 0.607. The minimum atomic E-state index is -4.60. The summed E-state index contributed by atoms with van der Waals surface area (Å²) in [4.78, 5) is 40.0. The number of benzene rings is 1. The fourth-order valence-corrected chi connectivity index (χ4v) is 3.56. The summed E-state index contributed by atoms with van der Waals surface area (Å²) < 4.78 is 43.4. The van der Waals surface area contributed by atoms with Gasteiger partial charge in [-0.05, 0) is 31.0 Å². The van der Waals surface area contributed by atoms with E-state index in [4.69, 9.17) is 4.74 Å². The summed E-state index contributed by atoms with van der Waals surface area (Å²) >= 11 is 0. The molecule has 0 radical (unpaired) electrons. The molecule has 1 fully saturated rings. The van der Waals surface area contributed by atoms with Crippen LogP contribution < -0.4 is 5.32 Å². The Morgan fingerprint density at radius 3 is 2.26 bits per heavy atom. The van der Waals surface area contributed by atoms with Crippen molar-refractivity contribution in [3.63, 3.8) is 0 Å². The zero-order chi connectivity index (χ0) is 24.9. The number of para-hydroxylation sites is 1. The monoisotopic (exact) mass is 481 g/mol. The van der Waals surface area contributed by atoms with Crippen LogP contribution in [0.3, 0.4) is 0 Å². The zero-order valence-electron chi connectivity index (χ0n) is 18.9. The van der Waals surface area contributed by atoms with Gasteiger partial charge in [-0.15, -0.1) is 0 Å². The first-order valence-electron chi connectivity index (χ1n) is 10.7. The summed E-state index contributed by atoms with van der Waals surface area (Å²) in [5.41, 5.74) is 1.64. The van der Waals surface area contributed by atoms with Crippen molar-refractivity contribution in [1.29, 1.82) is 0 Å². The Labute approximate surface area is 194 Å². The maximum atomic E-state index is 12.6. The van der Waals surface area contributed by atoms with Crippen LogP contribution >= 0.6 is 0 Å². The van der Waals surface area contributed by atoms with Crippen molar-refractivity contribution >= 4 is 23.5 Å². The SMILES string of the molecule is Cc1cccc(C)c1NC(=O)CN1CCN(C(=O)COC(=O)Cn2ccc(C(F)(F)F)n2)CC1. The number of alkyl halides is 3. The van der Waals surface area contributed by atoms with E-state index < -0.39 is 36.9 Å². The van der Waals surface area contributed by atoms with Crippen LogP contribution in [0.4, 0.5) is 18.9 Å². The van der Waals surface area contributed by atoms with Crippen LogP contribution in [-0.4, -0.2) is 76.7 Å². The molecule has 0 atom stereocenters. The molecule has 0 aliphatic carbocycles. The number of carbonyl (C=O) groups excluding carboxylic acids is 3. The van der Waals surface area contributed by atoms with E-state index in [1.165, 1.54) is 4.90 Å². The van der Waals surface area contributed by atoms with Gasteiger partial charge in [0.25, 0.3) is 5.91 Å². The van der Waals surface area contributed by atoms with Crippen LogP contribution in [-0.2, 0) is 31.8 Å². The first-order valence-corrected chi connectivity index (χ1v) is 10.7. The number of esters is 1. The van der Waals surface area contributed by atoms with Gasteiger partial charge >= 0.3 is 12.1 Å². The first-order chi connectivity index (χ1) is 16.0. The van der Waals surface area contributed by atoms with Crippen molar-refractivity contribution in [2.45, 2.75) is 26.6 Å². The van der Waals surface area contributed by atoms with E-state index in [1.807, 2.05) is 36.9 Å². The van der Waals surface area contributed by atoms with Crippen molar-refractivity contribution in [1.82, 2.24) is 19.6 Å². The van der Waals surface area contributed by atoms with E-state index in [0.29, 0.717) is 26.2 Å². The van der Waals surface area contributed by atoms with Crippen molar-refractivity contribution in [2.24, 2.45) is 0 Å². The molecule has 9 nitrogen and oxygen atoms in total. The van der Waals surface area contributed by atoms with E-state index in [1.54, 1.807) is 0 Å². The number of amides is 2. The van der Waals surface area contributed by atoms with Gasteiger partial charge in [-0.2, -0.15) is 18.3 Å². The van der Waals surface area contributed by atoms with E-state index >= 15 is 0 Å². The molecule has 2 aromatic rings. The largest absolute Gasteiger partial charge is 0.454 e. The zero-order valence-corrected chi connectivity index (χ0v) is 18.9. The van der Waals surface area contributed by atoms with Gasteiger partial charge in [0.05, 0.1) is 6.54 Å². The molecule has 0 bridgehead atoms. The number of aromatic nitrogens is 2. The summed E-state index contributed by atoms with van der Waals surface area (Å²) in [6, 6.07) is 6.53. The number of nitrogens with one attached hydrogen (secondary N) is 1. The molecule has 12 heteroatoms. The number of hydrogen-bond acceptors (Lipinski definition) is 6. The predicted molar refractivity (Wildman–Crippen MR) is 116 cm³/mol. The second-order valence-corrected chi connectivity index (χ2v) is 8.03. The fraction of sp³-hybridized carbons (Fsp3) is 0.455. The van der Waals surface area contributed by atoms with E-state index in [2.05, 4.69) is 10.4 Å². The molecule has 0 spiro atoms. The topological polar surface area (TPSA) is 96.8 Å². The van der Waals surface area contributed by atoms with Crippen LogP contribution in [0, 0.1) is 13.8 Å². The number of anilines is 1. The molecule has 2 heterocycles. The van der Waals surface area contributed by atoms with Crippen LogP contribution in [0.1, 0.15) is 16.8 Å². The van der Waals surface area contributed by atoms with Gasteiger partial charge in [0, 0.05) is 38.1 Å². The van der Waals surface area contributed by atoms with E-state index in [9.17, 15) is 27.6 Å². The minimum absolute atomic E-state index is 0.140. The number of halogens is 3. The Kier molecular flexibility index (Phi) is 7.92. The van der Waals surface area contributed by atoms with Crippen LogP contribution in [0.15, 0.2) is 30.5 Å². The van der Waals surface area contributed by atoms with Crippen molar-refractivity contribution in [3.05, 3.63) is 47.3 Å². The van der Waals surface area contributed by atoms with Gasteiger partial charge in [-0.1, -0.05) is 18.2 Å². The Morgan fingerprint density at radius 1 is 1.03 bits per heavy atom. The van der Waals surface area contributed by atoms with Gasteiger partial charge in [-0.3, -0.25) is 24.0 Å². The number of nitrogens with zero attached hydrogens (tertiary/aromatic N) is 4. The predicted octanol–water partition coefficient (Wildman–Crippen LogP) is 1.84. The van der Waals surface area contributed by atoms with Crippen molar-refractivity contribution < 1.29 is 32.3 Å². The van der Waals surface area contributed by atoms with Crippen LogP contribution in [0.5, 0.6) is 0 Å². The highest BCUT2D eigenvalue weighted by molar-refractivity contribution is 5.93. The first kappa shape index (κ1) is 25.2. The number of rotatable bonds is 7. The summed E-state index contributed by atoms with van der Waals surface area (Å²) in [7, 11) is 0. The summed E-state index contributed by atoms with van der Waals surface area (Å²) in [6.45, 7) is 4.67. The molecular formula is C22H26F3N5O4. The molecule has 0 saturated carbocycles. The van der Waals surface area contributed by atoms with E-state index in [0.717, 1.165) is 33.8 Å². The number of carbonyl (C=O) groups is 3. The van der Waals surface area contributed by atoms with Crippen LogP contribution in [0.2, 0.25) is 0 Å². The highest BCUT2D eigenvalue weighted by Crippen LogP contribution is 2.27. The number of ether oxygens (including phenoxy) is 1. The lowest BCUT2D eigenvalue weighted by Gasteiger charge is -2.34. The van der Waals surface area contributed by atoms with Gasteiger partial charge in [-0.25, -0.2) is 0 Å². The second-order valence-electron chi connectivity index (χ2n) is 8.03. The summed E-state index contributed by atoms with van der Waals surface area (Å²) in [5.74, 6) is -1.42. The van der Waals surface area contributed by atoms with Gasteiger partial charge in [0.1, 0.15) is 6.54 Å². The molecule has 34 heavy (non-hydrogen) atoms. The Morgan fingerprint density at radius 2 is 1.68 bits per heavy atom. The highest BCUT2D eigenvalue weighted by Gasteiger charge is 2.33. The van der Waals surface area contributed by atoms with Crippen molar-refractivity contribution in [3.8, 4) is 0 Å². The smallest absolute Gasteiger partial charge is 0.435 e. The third-order valence-electron chi connectivity index (χ3n) is 5.42. The Hall–Kier alpha value is -3.41. The summed E-state index contributed by atoms with van der Waals surface area (Å²) in [6.07, 6.45) is -3.59. The molecule has 1 N–H and O–H groups in total. The highest BCUT2D eigenvalue weighted by atomic mass is 19.4. The minimum Gasteiger partial charge on any atom is -0.454 e. The number of aryl methyl sites for hydroxylation is 2. The Balaban J connectivity index is 1.38. The number of hydrogen-bond donors (Lipinski definition) is 1. The lowest BCUT2D eigenvalue weighted by molar-refractivity contribution is -0.153. The fourth-order valence-electron chi connectivity index (χ4n) is 3.56. The van der Waals surface area contributed by atoms with Crippen LogP contribution in [0.25, 0.3) is 0 Å². The third kappa shape index (κ3) is 6.80. The lowest BCUT2D eigenvalue weighted by atomic mass is 10.1. The summed E-state index contributed by atoms with van der Waals surface area (Å²) in [5, 5.41) is 6.20. The third-order valence-corrected chi connectivity index (χ3v) is 5.42. The average molecular weight is 481 g/mol. The standard InChI is InChI=1S/C22H26F3N5O4/c1-15-4-3-5-16(2)21(15)26-18(31)12-28-8-10-29(11-9-28)19(32)14-34-20(33)13-30-7-6-17(27-30)22(23,24)25/h3-7H,8-14H2,1-2H3,(H,26,31). The Bertz CT molecular complexity index is 1030. The molecule has 184 valence electrons. The lowest BCUT2D eigenvalue weighted by Crippen LogP contribution is -2.51. The molecule has 3 rings (SSSR count). The van der Waals surface area contributed by atoms with Gasteiger partial charge < -0.3 is 15.0 Å². The van der Waals surface area contributed by atoms with E-state index in [-0.39, 0.29) is 12.5 Å². The number of piperazine rings is 1. The van der Waals surface area contributed by atoms with Gasteiger partial charge in [0.2, 0.25) is 5.91 Å². The molecule has 1 aliphatic rings. The maximum absolute atomic E-state index is 12.6. The molecular weight excluding hydrogens is 455 g/mol. The van der Waals surface area contributed by atoms with Gasteiger partial charge in [0.15, 0.2) is 12.3 Å². The maximum Gasteiger partial charge on any atom is 0.435 e. The molecule has 1 aromatic carbocycles. The molecule has 1 saturated heterocycles. The molecule has 1 aliphatic heterocycles. The molecule has 0 unspecified atom stereocenters. The molecule has 2 amide bonds. The average Bonchev–Trinajstić information content (AvgIpc) is 3.24. The van der Waals surface area contributed by atoms with Crippen molar-refractivity contribution in [2.75, 3.05) is 44.6 Å². The normalized spacial score (nSPS) is 14.7.